The first kappa shape index (κ1) is 13.1. The number of amides is 1. The van der Waals surface area contributed by atoms with Gasteiger partial charge in [-0.25, -0.2) is 0 Å². The number of rotatable bonds is 5. The van der Waals surface area contributed by atoms with E-state index in [1.807, 2.05) is 25.1 Å². The number of hydrogen-bond donors (Lipinski definition) is 2. The summed E-state index contributed by atoms with van der Waals surface area (Å²) in [5, 5.41) is 2.91. The highest BCUT2D eigenvalue weighted by Gasteiger charge is 2.12. The van der Waals surface area contributed by atoms with Gasteiger partial charge < -0.3 is 15.8 Å². The fourth-order valence-electron chi connectivity index (χ4n) is 2.06. The number of hydrogen-bond acceptors (Lipinski definition) is 3. The molecule has 0 saturated carbocycles. The van der Waals surface area contributed by atoms with Gasteiger partial charge in [-0.3, -0.25) is 4.79 Å². The van der Waals surface area contributed by atoms with E-state index in [1.54, 1.807) is 0 Å². The van der Waals surface area contributed by atoms with Gasteiger partial charge in [0.05, 0.1) is 13.2 Å². The maximum atomic E-state index is 11.7. The van der Waals surface area contributed by atoms with Crippen molar-refractivity contribution in [3.8, 4) is 0 Å². The molecule has 1 aliphatic heterocycles. The predicted molar refractivity (Wildman–Crippen MR) is 71.1 cm³/mol. The average Bonchev–Trinajstić information content (AvgIpc) is 2.75. The Morgan fingerprint density at radius 2 is 2.22 bits per heavy atom. The Balaban J connectivity index is 1.84. The Kier molecular flexibility index (Phi) is 4.33. The molecule has 18 heavy (non-hydrogen) atoms. The zero-order chi connectivity index (χ0) is 13.0. The Hall–Kier alpha value is -1.39. The molecule has 3 N–H and O–H groups in total. The Morgan fingerprint density at radius 1 is 1.44 bits per heavy atom. The zero-order valence-electron chi connectivity index (χ0n) is 10.7. The van der Waals surface area contributed by atoms with Crippen molar-refractivity contribution in [2.24, 2.45) is 5.73 Å². The molecule has 98 valence electrons. The minimum absolute atomic E-state index is 0.0505. The van der Waals surface area contributed by atoms with Crippen molar-refractivity contribution in [3.63, 3.8) is 0 Å². The number of nitrogens with one attached hydrogen (secondary N) is 1. The molecule has 4 heteroatoms. The smallest absolute Gasteiger partial charge is 0.224 e. The van der Waals surface area contributed by atoms with Crippen molar-refractivity contribution in [3.05, 3.63) is 29.3 Å². The topological polar surface area (TPSA) is 64.4 Å². The summed E-state index contributed by atoms with van der Waals surface area (Å²) in [7, 11) is 0. The van der Waals surface area contributed by atoms with Crippen LogP contribution in [-0.2, 0) is 22.7 Å². The fraction of sp³-hybridized carbons (Fsp3) is 0.500. The molecule has 0 spiro atoms. The summed E-state index contributed by atoms with van der Waals surface area (Å²) < 4.78 is 5.34. The number of benzene rings is 1. The van der Waals surface area contributed by atoms with Crippen molar-refractivity contribution in [2.75, 3.05) is 5.32 Å². The van der Waals surface area contributed by atoms with Crippen LogP contribution in [-0.4, -0.2) is 11.9 Å². The monoisotopic (exact) mass is 248 g/mol. The summed E-state index contributed by atoms with van der Waals surface area (Å²) in [6, 6.07) is 6.10. The number of anilines is 1. The van der Waals surface area contributed by atoms with Crippen LogP contribution in [0, 0.1) is 0 Å². The van der Waals surface area contributed by atoms with Gasteiger partial charge in [0.2, 0.25) is 5.91 Å². The lowest BCUT2D eigenvalue weighted by atomic mass is 10.1. The van der Waals surface area contributed by atoms with Crippen LogP contribution in [0.1, 0.15) is 37.3 Å². The first-order valence-electron chi connectivity index (χ1n) is 6.40. The van der Waals surface area contributed by atoms with E-state index >= 15 is 0 Å². The molecule has 0 aromatic heterocycles. The maximum absolute atomic E-state index is 11.7. The van der Waals surface area contributed by atoms with E-state index < -0.39 is 0 Å². The predicted octanol–water partition coefficient (Wildman–Crippen LogP) is 2.17. The first-order chi connectivity index (χ1) is 8.65. The summed E-state index contributed by atoms with van der Waals surface area (Å²) >= 11 is 0. The van der Waals surface area contributed by atoms with E-state index in [9.17, 15) is 4.79 Å². The van der Waals surface area contributed by atoms with Gasteiger partial charge in [0.1, 0.15) is 0 Å². The molecule has 1 heterocycles. The third-order valence-electron chi connectivity index (χ3n) is 3.07. The molecule has 4 nitrogen and oxygen atoms in total. The number of nitrogens with two attached hydrogens (primary N) is 1. The second-order valence-electron chi connectivity index (χ2n) is 4.89. The van der Waals surface area contributed by atoms with Gasteiger partial charge in [0.15, 0.2) is 0 Å². The van der Waals surface area contributed by atoms with E-state index in [1.165, 1.54) is 11.1 Å². The molecule has 0 aliphatic carbocycles. The molecule has 0 fully saturated rings. The molecule has 0 saturated heterocycles. The number of carbonyl (C=O) groups is 1. The third kappa shape index (κ3) is 3.55. The number of ether oxygens (including phenoxy) is 1. The van der Waals surface area contributed by atoms with E-state index in [2.05, 4.69) is 5.32 Å². The first-order valence-corrected chi connectivity index (χ1v) is 6.40. The van der Waals surface area contributed by atoms with Gasteiger partial charge in [-0.1, -0.05) is 6.07 Å². The van der Waals surface area contributed by atoms with Gasteiger partial charge in [-0.05, 0) is 43.0 Å². The normalized spacial score (nSPS) is 15.2. The SMILES string of the molecule is CC(N)CCCC(=O)Nc1ccc2c(c1)COC2. The van der Waals surface area contributed by atoms with E-state index in [0.717, 1.165) is 18.5 Å². The van der Waals surface area contributed by atoms with Crippen LogP contribution < -0.4 is 11.1 Å². The standard InChI is InChI=1S/C14H20N2O2/c1-10(15)3-2-4-14(17)16-13-6-5-11-8-18-9-12(11)7-13/h5-7,10H,2-4,8-9,15H2,1H3,(H,16,17). The second kappa shape index (κ2) is 5.98. The maximum Gasteiger partial charge on any atom is 0.224 e. The lowest BCUT2D eigenvalue weighted by Crippen LogP contribution is -2.16. The summed E-state index contributed by atoms with van der Waals surface area (Å²) in [5.41, 5.74) is 8.88. The summed E-state index contributed by atoms with van der Waals surface area (Å²) in [6.45, 7) is 3.28. The molecule has 0 radical (unpaired) electrons. The molecule has 1 aromatic rings. The van der Waals surface area contributed by atoms with Crippen LogP contribution in [0.4, 0.5) is 5.69 Å². The summed E-state index contributed by atoms with van der Waals surface area (Å²) in [4.78, 5) is 11.7. The molecule has 1 amide bonds. The van der Waals surface area contributed by atoms with Gasteiger partial charge in [0.25, 0.3) is 0 Å². The van der Waals surface area contributed by atoms with Gasteiger partial charge in [-0.2, -0.15) is 0 Å². The summed E-state index contributed by atoms with van der Waals surface area (Å²) in [5.74, 6) is 0.0505. The van der Waals surface area contributed by atoms with Crippen LogP contribution >= 0.6 is 0 Å². The second-order valence-corrected chi connectivity index (χ2v) is 4.89. The highest BCUT2D eigenvalue weighted by molar-refractivity contribution is 5.90. The molecule has 1 unspecified atom stereocenters. The zero-order valence-corrected chi connectivity index (χ0v) is 10.7. The highest BCUT2D eigenvalue weighted by Crippen LogP contribution is 2.23. The van der Waals surface area contributed by atoms with E-state index in [-0.39, 0.29) is 11.9 Å². The molecular formula is C14H20N2O2. The largest absolute Gasteiger partial charge is 0.372 e. The third-order valence-corrected chi connectivity index (χ3v) is 3.07. The van der Waals surface area contributed by atoms with Crippen LogP contribution in [0.25, 0.3) is 0 Å². The highest BCUT2D eigenvalue weighted by atomic mass is 16.5. The molecule has 1 aliphatic rings. The van der Waals surface area contributed by atoms with Crippen molar-refractivity contribution in [2.45, 2.75) is 45.4 Å². The number of fused-ring (bicyclic) bond motifs is 1. The summed E-state index contributed by atoms with van der Waals surface area (Å²) in [6.07, 6.45) is 2.23. The molecular weight excluding hydrogens is 228 g/mol. The average molecular weight is 248 g/mol. The Morgan fingerprint density at radius 3 is 3.00 bits per heavy atom. The Bertz CT molecular complexity index is 430. The molecule has 1 atom stereocenters. The van der Waals surface area contributed by atoms with Crippen LogP contribution in [0.2, 0.25) is 0 Å². The van der Waals surface area contributed by atoms with Crippen molar-refractivity contribution < 1.29 is 9.53 Å². The van der Waals surface area contributed by atoms with Gasteiger partial charge >= 0.3 is 0 Å². The lowest BCUT2D eigenvalue weighted by Gasteiger charge is -2.07. The lowest BCUT2D eigenvalue weighted by molar-refractivity contribution is -0.116. The fourth-order valence-corrected chi connectivity index (χ4v) is 2.06. The van der Waals surface area contributed by atoms with Crippen LogP contribution in [0.15, 0.2) is 18.2 Å². The van der Waals surface area contributed by atoms with Gasteiger partial charge in [0, 0.05) is 18.2 Å². The minimum atomic E-state index is 0.0505. The molecule has 0 bridgehead atoms. The quantitative estimate of drug-likeness (QED) is 0.839. The van der Waals surface area contributed by atoms with E-state index in [0.29, 0.717) is 19.6 Å². The van der Waals surface area contributed by atoms with Crippen LogP contribution in [0.3, 0.4) is 0 Å². The van der Waals surface area contributed by atoms with Crippen LogP contribution in [0.5, 0.6) is 0 Å². The molecule has 2 rings (SSSR count). The van der Waals surface area contributed by atoms with E-state index in [4.69, 9.17) is 10.5 Å². The van der Waals surface area contributed by atoms with Crippen molar-refractivity contribution in [1.29, 1.82) is 0 Å². The Labute approximate surface area is 108 Å². The molecule has 1 aromatic carbocycles. The van der Waals surface area contributed by atoms with Crippen molar-refractivity contribution in [1.82, 2.24) is 0 Å². The number of carbonyl (C=O) groups excluding carboxylic acids is 1. The van der Waals surface area contributed by atoms with Gasteiger partial charge in [-0.15, -0.1) is 0 Å². The van der Waals surface area contributed by atoms with Crippen molar-refractivity contribution >= 4 is 11.6 Å². The minimum Gasteiger partial charge on any atom is -0.372 e.